The molecule has 2 aliphatic heterocycles. The minimum absolute atomic E-state index is 0.0498. The number of carbonyl (C=O) groups excluding carboxylic acids is 3. The van der Waals surface area contributed by atoms with Crippen molar-refractivity contribution in [2.75, 3.05) is 43.0 Å². The average molecular weight is 468 g/mol. The number of rotatable bonds is 5. The van der Waals surface area contributed by atoms with Crippen LogP contribution in [0.25, 0.3) is 0 Å². The van der Waals surface area contributed by atoms with Crippen LogP contribution in [0.2, 0.25) is 0 Å². The second-order valence-corrected chi connectivity index (χ2v) is 7.96. The van der Waals surface area contributed by atoms with Crippen molar-refractivity contribution in [2.45, 2.75) is 19.4 Å². The SMILES string of the molecule is CCOC(=O)c1ccc(NC(=O)[C@H]2CC(=O)NC(N3CCN(c4ccc(F)cc4)CC3)=N2)cc1. The second-order valence-electron chi connectivity index (χ2n) is 7.96. The molecule has 0 aliphatic carbocycles. The van der Waals surface area contributed by atoms with Gasteiger partial charge in [-0.3, -0.25) is 14.9 Å². The van der Waals surface area contributed by atoms with Gasteiger partial charge in [-0.2, -0.15) is 0 Å². The summed E-state index contributed by atoms with van der Waals surface area (Å²) in [5, 5.41) is 5.52. The van der Waals surface area contributed by atoms with E-state index in [1.165, 1.54) is 12.1 Å². The molecule has 2 amide bonds. The van der Waals surface area contributed by atoms with E-state index >= 15 is 0 Å². The van der Waals surface area contributed by atoms with Crippen molar-refractivity contribution in [3.05, 3.63) is 59.9 Å². The maximum absolute atomic E-state index is 13.2. The lowest BCUT2D eigenvalue weighted by Gasteiger charge is -2.38. The molecule has 0 unspecified atom stereocenters. The number of esters is 1. The molecule has 1 saturated heterocycles. The second kappa shape index (κ2) is 10.3. The Hall–Kier alpha value is -3.95. The predicted molar refractivity (Wildman–Crippen MR) is 125 cm³/mol. The number of nitrogens with one attached hydrogen (secondary N) is 2. The van der Waals surface area contributed by atoms with Gasteiger partial charge < -0.3 is 19.9 Å². The van der Waals surface area contributed by atoms with Gasteiger partial charge in [0.1, 0.15) is 11.9 Å². The number of ether oxygens (including phenoxy) is 1. The summed E-state index contributed by atoms with van der Waals surface area (Å²) in [5.41, 5.74) is 1.81. The van der Waals surface area contributed by atoms with Gasteiger partial charge in [0.25, 0.3) is 0 Å². The van der Waals surface area contributed by atoms with Gasteiger partial charge in [0.05, 0.1) is 18.6 Å². The molecule has 34 heavy (non-hydrogen) atoms. The Morgan fingerprint density at radius 2 is 1.71 bits per heavy atom. The van der Waals surface area contributed by atoms with E-state index in [4.69, 9.17) is 4.74 Å². The fraction of sp³-hybridized carbons (Fsp3) is 0.333. The summed E-state index contributed by atoms with van der Waals surface area (Å²) in [6.07, 6.45) is -0.0498. The average Bonchev–Trinajstić information content (AvgIpc) is 2.85. The number of benzene rings is 2. The van der Waals surface area contributed by atoms with E-state index in [2.05, 4.69) is 20.5 Å². The zero-order valence-electron chi connectivity index (χ0n) is 18.8. The first-order valence-electron chi connectivity index (χ1n) is 11.1. The number of nitrogens with zero attached hydrogens (tertiary/aromatic N) is 3. The number of aliphatic imine (C=N–C) groups is 1. The van der Waals surface area contributed by atoms with Crippen LogP contribution in [0.3, 0.4) is 0 Å². The van der Waals surface area contributed by atoms with Gasteiger partial charge in [-0.1, -0.05) is 0 Å². The van der Waals surface area contributed by atoms with E-state index in [-0.39, 0.29) is 24.8 Å². The number of guanidine groups is 1. The number of carbonyl (C=O) groups is 3. The lowest BCUT2D eigenvalue weighted by Crippen LogP contribution is -2.56. The topological polar surface area (TPSA) is 103 Å². The number of hydrogen-bond donors (Lipinski definition) is 2. The van der Waals surface area contributed by atoms with Crippen molar-refractivity contribution in [1.29, 1.82) is 0 Å². The van der Waals surface area contributed by atoms with Gasteiger partial charge in [-0.05, 0) is 55.5 Å². The molecule has 2 heterocycles. The molecule has 1 atom stereocenters. The Bertz CT molecular complexity index is 1080. The van der Waals surface area contributed by atoms with Crippen LogP contribution in [0.1, 0.15) is 23.7 Å². The first kappa shape index (κ1) is 23.2. The van der Waals surface area contributed by atoms with Gasteiger partial charge in [-0.15, -0.1) is 0 Å². The van der Waals surface area contributed by atoms with Crippen molar-refractivity contribution < 1.29 is 23.5 Å². The molecule has 0 aromatic heterocycles. The van der Waals surface area contributed by atoms with E-state index in [1.807, 2.05) is 4.90 Å². The molecule has 4 rings (SSSR count). The molecule has 1 fully saturated rings. The van der Waals surface area contributed by atoms with Crippen molar-refractivity contribution in [2.24, 2.45) is 4.99 Å². The summed E-state index contributed by atoms with van der Waals surface area (Å²) >= 11 is 0. The predicted octanol–water partition coefficient (Wildman–Crippen LogP) is 2.01. The van der Waals surface area contributed by atoms with Gasteiger partial charge in [-0.25, -0.2) is 14.2 Å². The molecule has 10 heteroatoms. The highest BCUT2D eigenvalue weighted by molar-refractivity contribution is 6.06. The lowest BCUT2D eigenvalue weighted by atomic mass is 10.1. The summed E-state index contributed by atoms with van der Waals surface area (Å²) in [6.45, 7) is 4.55. The van der Waals surface area contributed by atoms with Crippen LogP contribution in [0.5, 0.6) is 0 Å². The van der Waals surface area contributed by atoms with E-state index in [0.29, 0.717) is 43.4 Å². The van der Waals surface area contributed by atoms with Crippen LogP contribution in [0, 0.1) is 5.82 Å². The van der Waals surface area contributed by atoms with Gasteiger partial charge in [0.2, 0.25) is 17.8 Å². The Morgan fingerprint density at radius 3 is 2.35 bits per heavy atom. The summed E-state index contributed by atoms with van der Waals surface area (Å²) in [7, 11) is 0. The van der Waals surface area contributed by atoms with Crippen molar-refractivity contribution in [3.8, 4) is 0 Å². The molecule has 2 aromatic carbocycles. The molecule has 2 N–H and O–H groups in total. The van der Waals surface area contributed by atoms with Gasteiger partial charge >= 0.3 is 5.97 Å². The van der Waals surface area contributed by atoms with Gasteiger partial charge in [0, 0.05) is 37.6 Å². The number of hydrogen-bond acceptors (Lipinski definition) is 7. The maximum Gasteiger partial charge on any atom is 0.338 e. The largest absolute Gasteiger partial charge is 0.462 e. The van der Waals surface area contributed by atoms with Crippen LogP contribution in [0.15, 0.2) is 53.5 Å². The zero-order valence-corrected chi connectivity index (χ0v) is 18.8. The molecular weight excluding hydrogens is 441 g/mol. The Labute approximate surface area is 196 Å². The smallest absolute Gasteiger partial charge is 0.338 e. The molecule has 0 spiro atoms. The quantitative estimate of drug-likeness (QED) is 0.652. The summed E-state index contributed by atoms with van der Waals surface area (Å²) in [4.78, 5) is 45.4. The molecule has 2 aromatic rings. The fourth-order valence-electron chi connectivity index (χ4n) is 3.85. The zero-order chi connectivity index (χ0) is 24.1. The van der Waals surface area contributed by atoms with E-state index in [9.17, 15) is 18.8 Å². The van der Waals surface area contributed by atoms with Crippen LogP contribution >= 0.6 is 0 Å². The highest BCUT2D eigenvalue weighted by Gasteiger charge is 2.30. The van der Waals surface area contributed by atoms with Crippen molar-refractivity contribution >= 4 is 35.1 Å². The number of halogens is 1. The molecular formula is C24H26FN5O4. The summed E-state index contributed by atoms with van der Waals surface area (Å²) < 4.78 is 18.1. The Balaban J connectivity index is 1.37. The van der Waals surface area contributed by atoms with Crippen LogP contribution in [0.4, 0.5) is 15.8 Å². The highest BCUT2D eigenvalue weighted by atomic mass is 19.1. The standard InChI is InChI=1S/C24H26FN5O4/c1-2-34-23(33)16-3-7-18(8-4-16)26-22(32)20-15-21(31)28-24(27-20)30-13-11-29(12-14-30)19-9-5-17(25)6-10-19/h3-10,20H,2,11-15H2,1H3,(H,26,32)(H,27,28,31)/t20-/m1/s1. The third-order valence-electron chi connectivity index (χ3n) is 5.65. The lowest BCUT2D eigenvalue weighted by molar-refractivity contribution is -0.125. The normalized spacial score (nSPS) is 18.1. The summed E-state index contributed by atoms with van der Waals surface area (Å²) in [6, 6.07) is 11.8. The maximum atomic E-state index is 13.2. The van der Waals surface area contributed by atoms with Crippen LogP contribution in [-0.4, -0.2) is 67.5 Å². The Kier molecular flexibility index (Phi) is 7.05. The molecule has 0 radical (unpaired) electrons. The highest BCUT2D eigenvalue weighted by Crippen LogP contribution is 2.18. The van der Waals surface area contributed by atoms with E-state index < -0.39 is 17.9 Å². The minimum Gasteiger partial charge on any atom is -0.462 e. The number of anilines is 2. The third-order valence-corrected chi connectivity index (χ3v) is 5.65. The van der Waals surface area contributed by atoms with E-state index in [1.54, 1.807) is 43.3 Å². The molecule has 0 bridgehead atoms. The van der Waals surface area contributed by atoms with Crippen molar-refractivity contribution in [3.63, 3.8) is 0 Å². The molecule has 9 nitrogen and oxygen atoms in total. The minimum atomic E-state index is -0.858. The van der Waals surface area contributed by atoms with Crippen LogP contribution < -0.4 is 15.5 Å². The van der Waals surface area contributed by atoms with Gasteiger partial charge in [0.15, 0.2) is 0 Å². The third kappa shape index (κ3) is 5.51. The monoisotopic (exact) mass is 467 g/mol. The number of piperazine rings is 1. The molecule has 0 saturated carbocycles. The van der Waals surface area contributed by atoms with Crippen LogP contribution in [-0.2, 0) is 14.3 Å². The fourth-order valence-corrected chi connectivity index (χ4v) is 3.85. The van der Waals surface area contributed by atoms with Crippen molar-refractivity contribution in [1.82, 2.24) is 10.2 Å². The molecule has 2 aliphatic rings. The van der Waals surface area contributed by atoms with E-state index in [0.717, 1.165) is 5.69 Å². The number of amides is 2. The first-order valence-corrected chi connectivity index (χ1v) is 11.1. The molecule has 178 valence electrons. The Morgan fingerprint density at radius 1 is 1.06 bits per heavy atom. The first-order chi connectivity index (χ1) is 16.4. The summed E-state index contributed by atoms with van der Waals surface area (Å²) in [5.74, 6) is -1.00.